The summed E-state index contributed by atoms with van der Waals surface area (Å²) < 4.78 is 0. The first-order chi connectivity index (χ1) is 17.4. The first-order valence-corrected chi connectivity index (χ1v) is 14.2. The van der Waals surface area contributed by atoms with Crippen molar-refractivity contribution >= 4 is 35.3 Å². The lowest BCUT2D eigenvalue weighted by Crippen LogP contribution is -2.50. The number of ketones is 2. The van der Waals surface area contributed by atoms with Crippen molar-refractivity contribution in [2.75, 3.05) is 86.6 Å². The number of hydrogen-bond acceptors (Lipinski definition) is 9. The van der Waals surface area contributed by atoms with Gasteiger partial charge in [0.05, 0.1) is 11.2 Å². The fourth-order valence-electron chi connectivity index (χ4n) is 5.36. The van der Waals surface area contributed by atoms with Crippen LogP contribution >= 0.6 is 23.7 Å². The molecule has 1 N–H and O–H groups in total. The minimum Gasteiger partial charge on any atom is -0.365 e. The highest BCUT2D eigenvalue weighted by Gasteiger charge is 2.43. The molecule has 0 unspecified atom stereocenters. The van der Waals surface area contributed by atoms with E-state index < -0.39 is 0 Å². The Bertz CT molecular complexity index is 1020. The topological polar surface area (TPSA) is 61.7 Å². The van der Waals surface area contributed by atoms with E-state index >= 15 is 0 Å². The SMILES string of the molecule is CNCCCN1CCC(c2cccs2)(N(C)C)CC1.Cl.O=C1C=C(N2CC2)C(=O)C(N2CC2)=C1N1CC1. The first kappa shape index (κ1) is 28.1. The smallest absolute Gasteiger partial charge is 0.227 e. The number of carbonyl (C=O) groups is 2. The zero-order valence-corrected chi connectivity index (χ0v) is 24.0. The summed E-state index contributed by atoms with van der Waals surface area (Å²) in [5.41, 5.74) is 2.16. The van der Waals surface area contributed by atoms with Crippen molar-refractivity contribution < 1.29 is 9.59 Å². The number of allylic oxidation sites excluding steroid dienone is 1. The molecule has 0 spiro atoms. The largest absolute Gasteiger partial charge is 0.365 e. The van der Waals surface area contributed by atoms with Gasteiger partial charge in [-0.2, -0.15) is 0 Å². The Balaban J connectivity index is 0.000000169. The lowest BCUT2D eigenvalue weighted by molar-refractivity contribution is -0.117. The second-order valence-electron chi connectivity index (χ2n) is 10.6. The highest BCUT2D eigenvalue weighted by atomic mass is 35.5. The number of nitrogens with zero attached hydrogens (tertiary/aromatic N) is 5. The molecule has 10 heteroatoms. The van der Waals surface area contributed by atoms with E-state index in [2.05, 4.69) is 46.7 Å². The van der Waals surface area contributed by atoms with Gasteiger partial charge in [-0.25, -0.2) is 0 Å². The van der Waals surface area contributed by atoms with Crippen molar-refractivity contribution in [3.63, 3.8) is 0 Å². The van der Waals surface area contributed by atoms with E-state index in [0.717, 1.165) is 45.8 Å². The summed E-state index contributed by atoms with van der Waals surface area (Å²) in [6.07, 6.45) is 5.28. The lowest BCUT2D eigenvalue weighted by Gasteiger charge is -2.45. The quantitative estimate of drug-likeness (QED) is 0.285. The molecule has 1 aromatic heterocycles. The van der Waals surface area contributed by atoms with E-state index in [1.165, 1.54) is 49.8 Å². The van der Waals surface area contributed by atoms with Crippen molar-refractivity contribution in [2.45, 2.75) is 24.8 Å². The molecule has 0 bridgehead atoms. The molecule has 5 aliphatic rings. The molecule has 8 nitrogen and oxygen atoms in total. The van der Waals surface area contributed by atoms with E-state index in [4.69, 9.17) is 0 Å². The molecule has 1 aromatic rings. The third kappa shape index (κ3) is 6.23. The van der Waals surface area contributed by atoms with E-state index in [1.54, 1.807) is 0 Å². The molecular formula is C27H41ClN6O2S. The van der Waals surface area contributed by atoms with E-state index in [-0.39, 0.29) is 29.5 Å². The first-order valence-electron chi connectivity index (χ1n) is 13.3. The van der Waals surface area contributed by atoms with Gasteiger partial charge in [0.25, 0.3) is 0 Å². The third-order valence-corrected chi connectivity index (χ3v) is 8.97. The van der Waals surface area contributed by atoms with Crippen LogP contribution < -0.4 is 5.32 Å². The summed E-state index contributed by atoms with van der Waals surface area (Å²) in [6, 6.07) is 4.49. The van der Waals surface area contributed by atoms with Gasteiger partial charge in [-0.15, -0.1) is 23.7 Å². The normalized spacial score (nSPS) is 22.5. The van der Waals surface area contributed by atoms with Gasteiger partial charge in [-0.3, -0.25) is 14.5 Å². The molecule has 1 aliphatic carbocycles. The van der Waals surface area contributed by atoms with Crippen LogP contribution in [-0.4, -0.2) is 123 Å². The Hall–Kier alpha value is -1.91. The Labute approximate surface area is 231 Å². The highest BCUT2D eigenvalue weighted by Crippen LogP contribution is 2.39. The molecule has 4 fully saturated rings. The fraction of sp³-hybridized carbons (Fsp3) is 0.630. The van der Waals surface area contributed by atoms with Crippen LogP contribution in [0.3, 0.4) is 0 Å². The van der Waals surface area contributed by atoms with Crippen LogP contribution in [0.4, 0.5) is 0 Å². The number of piperidine rings is 1. The zero-order chi connectivity index (χ0) is 25.3. The maximum atomic E-state index is 12.4. The van der Waals surface area contributed by atoms with Crippen LogP contribution in [0.5, 0.6) is 0 Å². The van der Waals surface area contributed by atoms with Gasteiger partial charge in [-0.1, -0.05) is 6.07 Å². The van der Waals surface area contributed by atoms with Crippen molar-refractivity contribution in [1.29, 1.82) is 0 Å². The van der Waals surface area contributed by atoms with Gasteiger partial charge in [0.15, 0.2) is 0 Å². The van der Waals surface area contributed by atoms with Crippen LogP contribution in [-0.2, 0) is 15.1 Å². The molecule has 0 radical (unpaired) electrons. The van der Waals surface area contributed by atoms with E-state index in [0.29, 0.717) is 17.1 Å². The Morgan fingerprint density at radius 2 is 1.57 bits per heavy atom. The predicted molar refractivity (Wildman–Crippen MR) is 151 cm³/mol. The van der Waals surface area contributed by atoms with Gasteiger partial charge in [0.1, 0.15) is 11.4 Å². The van der Waals surface area contributed by atoms with Crippen molar-refractivity contribution in [3.05, 3.63) is 45.6 Å². The molecular weight excluding hydrogens is 508 g/mol. The monoisotopic (exact) mass is 548 g/mol. The second-order valence-corrected chi connectivity index (χ2v) is 11.5. The maximum Gasteiger partial charge on any atom is 0.227 e. The standard InChI is InChI=1S/C15H27N3S.C12H13N3O2.ClH/c1-16-9-5-10-18-11-7-15(8-12-18,17(2)3)14-6-4-13-19-14;16-9-7-8(13-1-2-13)12(17)11(15-5-6-15)10(9)14-3-4-14;/h4,6,13,16H,5,7-12H2,1-3H3;7H,1-6H2;1H. The Morgan fingerprint density at radius 1 is 0.946 bits per heavy atom. The van der Waals surface area contributed by atoms with Crippen LogP contribution in [0, 0.1) is 0 Å². The number of carbonyl (C=O) groups excluding carboxylic acids is 2. The summed E-state index contributed by atoms with van der Waals surface area (Å²) in [6.45, 7) is 10.2. The molecule has 204 valence electrons. The highest BCUT2D eigenvalue weighted by molar-refractivity contribution is 7.10. The van der Waals surface area contributed by atoms with E-state index in [1.807, 2.05) is 33.1 Å². The lowest BCUT2D eigenvalue weighted by atomic mass is 9.84. The molecule has 4 saturated heterocycles. The minimum absolute atomic E-state index is 0. The van der Waals surface area contributed by atoms with Crippen LogP contribution in [0.25, 0.3) is 0 Å². The number of likely N-dealkylation sites (tertiary alicyclic amines) is 1. The van der Waals surface area contributed by atoms with Gasteiger partial charge >= 0.3 is 0 Å². The van der Waals surface area contributed by atoms with Crippen molar-refractivity contribution in [1.82, 2.24) is 29.8 Å². The average Bonchev–Trinajstić information content (AvgIpc) is 3.73. The number of rotatable bonds is 9. The van der Waals surface area contributed by atoms with Crippen molar-refractivity contribution in [2.24, 2.45) is 0 Å². The number of Topliss-reactive ketones (excluding diaryl/α,β-unsaturated/α-hetero) is 1. The number of nitrogens with one attached hydrogen (secondary N) is 1. The average molecular weight is 549 g/mol. The molecule has 6 rings (SSSR count). The Morgan fingerprint density at radius 3 is 2.08 bits per heavy atom. The summed E-state index contributed by atoms with van der Waals surface area (Å²) >= 11 is 1.91. The second kappa shape index (κ2) is 11.9. The van der Waals surface area contributed by atoms with Gasteiger partial charge in [0, 0.05) is 63.3 Å². The molecule has 0 aromatic carbocycles. The molecule has 37 heavy (non-hydrogen) atoms. The van der Waals surface area contributed by atoms with Crippen molar-refractivity contribution in [3.8, 4) is 0 Å². The van der Waals surface area contributed by atoms with Crippen LogP contribution in [0.1, 0.15) is 24.1 Å². The Kier molecular flexibility index (Phi) is 9.01. The molecule has 5 heterocycles. The summed E-state index contributed by atoms with van der Waals surface area (Å²) in [7, 11) is 6.50. The van der Waals surface area contributed by atoms with Gasteiger partial charge < -0.3 is 24.9 Å². The maximum absolute atomic E-state index is 12.4. The summed E-state index contributed by atoms with van der Waals surface area (Å²) in [4.78, 5) is 37.1. The molecule has 0 saturated carbocycles. The van der Waals surface area contributed by atoms with E-state index in [9.17, 15) is 9.59 Å². The van der Waals surface area contributed by atoms with Gasteiger partial charge in [-0.05, 0) is 64.9 Å². The number of hydrogen-bond donors (Lipinski definition) is 1. The summed E-state index contributed by atoms with van der Waals surface area (Å²) in [5, 5.41) is 5.44. The van der Waals surface area contributed by atoms with Crippen LogP contribution in [0.15, 0.2) is 40.7 Å². The number of thiophene rings is 1. The summed E-state index contributed by atoms with van der Waals surface area (Å²) in [5.74, 6) is 0.0485. The molecule has 0 amide bonds. The molecule has 4 aliphatic heterocycles. The predicted octanol–water partition coefficient (Wildman–Crippen LogP) is 1.81. The fourth-order valence-corrected chi connectivity index (χ4v) is 6.43. The molecule has 0 atom stereocenters. The minimum atomic E-state index is 0. The zero-order valence-electron chi connectivity index (χ0n) is 22.4. The van der Waals surface area contributed by atoms with Crippen LogP contribution in [0.2, 0.25) is 0 Å². The third-order valence-electron chi connectivity index (χ3n) is 7.91. The van der Waals surface area contributed by atoms with Gasteiger partial charge in [0.2, 0.25) is 11.6 Å². The number of halogens is 1.